The van der Waals surface area contributed by atoms with Crippen LogP contribution in [0.15, 0.2) is 65.1 Å². The van der Waals surface area contributed by atoms with E-state index in [0.29, 0.717) is 29.0 Å². The van der Waals surface area contributed by atoms with Gasteiger partial charge >= 0.3 is 0 Å². The molecule has 0 atom stereocenters. The van der Waals surface area contributed by atoms with Crippen molar-refractivity contribution in [3.05, 3.63) is 71.0 Å². The van der Waals surface area contributed by atoms with Crippen LogP contribution in [0.1, 0.15) is 59.3 Å². The van der Waals surface area contributed by atoms with Gasteiger partial charge < -0.3 is 24.1 Å². The van der Waals surface area contributed by atoms with Gasteiger partial charge in [-0.05, 0) is 83.2 Å². The normalized spacial score (nSPS) is 16.0. The molecule has 41 heavy (non-hydrogen) atoms. The Morgan fingerprint density at radius 2 is 1.49 bits per heavy atom. The van der Waals surface area contributed by atoms with E-state index >= 15 is 4.39 Å². The summed E-state index contributed by atoms with van der Waals surface area (Å²) < 4.78 is 39.4. The summed E-state index contributed by atoms with van der Waals surface area (Å²) in [5, 5.41) is 9.98. The third-order valence-corrected chi connectivity index (χ3v) is 8.11. The molecule has 1 saturated heterocycles. The van der Waals surface area contributed by atoms with Crippen LogP contribution in [0.5, 0.6) is 11.5 Å². The first-order chi connectivity index (χ1) is 19.7. The van der Waals surface area contributed by atoms with Gasteiger partial charge in [0.25, 0.3) is 0 Å². The molecule has 1 aliphatic heterocycles. The third kappa shape index (κ3) is 8.77. The lowest BCUT2D eigenvalue weighted by atomic mass is 9.91. The summed E-state index contributed by atoms with van der Waals surface area (Å²) in [6.07, 6.45) is 7.39. The number of hydrogen-bond donors (Lipinski definition) is 1. The minimum absolute atomic E-state index is 0.120. The van der Waals surface area contributed by atoms with Gasteiger partial charge in [-0.15, -0.1) is 0 Å². The fourth-order valence-corrected chi connectivity index (χ4v) is 5.21. The zero-order valence-electron chi connectivity index (χ0n) is 24.4. The van der Waals surface area contributed by atoms with Gasteiger partial charge in [-0.3, -0.25) is 0 Å². The fourth-order valence-electron chi connectivity index (χ4n) is 4.72. The van der Waals surface area contributed by atoms with E-state index < -0.39 is 11.2 Å². The van der Waals surface area contributed by atoms with Gasteiger partial charge in [0.1, 0.15) is 23.9 Å². The van der Waals surface area contributed by atoms with Crippen LogP contribution in [0.2, 0.25) is 0 Å². The predicted molar refractivity (Wildman–Crippen MR) is 165 cm³/mol. The maximum Gasteiger partial charge on any atom is 0.162 e. The molecule has 4 rings (SSSR count). The lowest BCUT2D eigenvalue weighted by molar-refractivity contribution is -0.293. The minimum Gasteiger partial charge on any atom is -0.494 e. The Morgan fingerprint density at radius 3 is 2.15 bits per heavy atom. The van der Waals surface area contributed by atoms with Crippen molar-refractivity contribution in [2.75, 3.05) is 33.0 Å². The molecule has 0 bridgehead atoms. The summed E-state index contributed by atoms with van der Waals surface area (Å²) in [6, 6.07) is 18.6. The smallest absolute Gasteiger partial charge is 0.162 e. The highest BCUT2D eigenvalue weighted by Gasteiger charge is 2.40. The van der Waals surface area contributed by atoms with Crippen LogP contribution in [0.3, 0.4) is 0 Å². The van der Waals surface area contributed by atoms with Crippen LogP contribution in [0, 0.1) is 11.2 Å². The number of unbranched alkanes of at least 4 members (excludes halogenated alkanes) is 5. The van der Waals surface area contributed by atoms with Crippen LogP contribution >= 0.6 is 15.9 Å². The highest BCUT2D eigenvalue weighted by atomic mass is 79.9. The molecule has 0 spiro atoms. The zero-order chi connectivity index (χ0) is 29.3. The number of hydrogen-bond acceptors (Lipinski definition) is 5. The summed E-state index contributed by atoms with van der Waals surface area (Å²) in [6.45, 7) is 7.41. The number of aliphatic hydroxyl groups is 1. The number of benzene rings is 3. The highest BCUT2D eigenvalue weighted by Crippen LogP contribution is 2.36. The van der Waals surface area contributed by atoms with Crippen LogP contribution < -0.4 is 9.47 Å². The topological polar surface area (TPSA) is 57.2 Å². The molecule has 1 fully saturated rings. The lowest BCUT2D eigenvalue weighted by Crippen LogP contribution is -2.51. The van der Waals surface area contributed by atoms with Crippen LogP contribution in [-0.4, -0.2) is 43.9 Å². The van der Waals surface area contributed by atoms with Crippen molar-refractivity contribution >= 4 is 15.9 Å². The van der Waals surface area contributed by atoms with E-state index in [4.69, 9.17) is 18.9 Å². The van der Waals surface area contributed by atoms with E-state index in [2.05, 4.69) is 22.9 Å². The summed E-state index contributed by atoms with van der Waals surface area (Å²) in [5.41, 5.74) is 2.33. The van der Waals surface area contributed by atoms with Gasteiger partial charge in [-0.1, -0.05) is 69.4 Å². The molecule has 1 N–H and O–H groups in total. The molecule has 0 amide bonds. The standard InChI is InChI=1S/C34H42BrFO5/c1-4-5-6-7-8-9-18-38-28-14-10-25(11-15-28)26-12-16-29(31(36)20-26)27-13-17-32(30(35)19-27)39-22-34(21-37)23-40-33(2,3)41-24-34/h10-17,19-20,37H,4-9,18,21-24H2,1-3H3. The Morgan fingerprint density at radius 1 is 0.829 bits per heavy atom. The van der Waals surface area contributed by atoms with E-state index in [-0.39, 0.29) is 19.0 Å². The summed E-state index contributed by atoms with van der Waals surface area (Å²) in [5.74, 6) is 0.460. The number of aliphatic hydroxyl groups excluding tert-OH is 1. The SMILES string of the molecule is CCCCCCCCOc1ccc(-c2ccc(-c3ccc(OCC4(CO)COC(C)(C)OC4)c(Br)c3)c(F)c2)cc1. The van der Waals surface area contributed by atoms with E-state index in [1.807, 2.05) is 56.3 Å². The first kappa shape index (κ1) is 31.5. The van der Waals surface area contributed by atoms with Crippen molar-refractivity contribution in [3.8, 4) is 33.8 Å². The van der Waals surface area contributed by atoms with E-state index in [9.17, 15) is 5.11 Å². The third-order valence-electron chi connectivity index (χ3n) is 7.49. The van der Waals surface area contributed by atoms with E-state index in [1.165, 1.54) is 32.1 Å². The monoisotopic (exact) mass is 628 g/mol. The Hall–Kier alpha value is -2.45. The van der Waals surface area contributed by atoms with Gasteiger partial charge in [0.15, 0.2) is 5.79 Å². The Bertz CT molecular complexity index is 1250. The average molecular weight is 630 g/mol. The lowest BCUT2D eigenvalue weighted by Gasteiger charge is -2.42. The average Bonchev–Trinajstić information content (AvgIpc) is 2.97. The molecule has 0 radical (unpaired) electrons. The molecule has 0 aliphatic carbocycles. The van der Waals surface area contributed by atoms with Crippen molar-refractivity contribution in [3.63, 3.8) is 0 Å². The Kier molecular flexibility index (Phi) is 11.2. The van der Waals surface area contributed by atoms with E-state index in [1.54, 1.807) is 18.2 Å². The minimum atomic E-state index is -0.675. The molecule has 0 aromatic heterocycles. The largest absolute Gasteiger partial charge is 0.494 e. The fraction of sp³-hybridized carbons (Fsp3) is 0.471. The molecule has 1 aliphatic rings. The van der Waals surface area contributed by atoms with Gasteiger partial charge in [0.2, 0.25) is 0 Å². The number of rotatable bonds is 14. The molecule has 3 aromatic rings. The van der Waals surface area contributed by atoms with Gasteiger partial charge in [-0.25, -0.2) is 4.39 Å². The molecule has 0 unspecified atom stereocenters. The first-order valence-corrected chi connectivity index (χ1v) is 15.4. The molecule has 0 saturated carbocycles. The van der Waals surface area contributed by atoms with Crippen molar-refractivity contribution in [1.82, 2.24) is 0 Å². The van der Waals surface area contributed by atoms with Crippen molar-refractivity contribution in [1.29, 1.82) is 0 Å². The van der Waals surface area contributed by atoms with Gasteiger partial charge in [0, 0.05) is 5.56 Å². The summed E-state index contributed by atoms with van der Waals surface area (Å²) in [7, 11) is 0. The van der Waals surface area contributed by atoms with Crippen molar-refractivity contribution in [2.45, 2.75) is 65.1 Å². The van der Waals surface area contributed by atoms with Gasteiger partial charge in [0.05, 0.1) is 36.3 Å². The van der Waals surface area contributed by atoms with Crippen LogP contribution in [0.25, 0.3) is 22.3 Å². The summed E-state index contributed by atoms with van der Waals surface area (Å²) in [4.78, 5) is 0. The quantitative estimate of drug-likeness (QED) is 0.181. The maximum absolute atomic E-state index is 15.3. The van der Waals surface area contributed by atoms with Crippen molar-refractivity contribution < 1.29 is 28.4 Å². The predicted octanol–water partition coefficient (Wildman–Crippen LogP) is 8.80. The van der Waals surface area contributed by atoms with Crippen LogP contribution in [-0.2, 0) is 9.47 Å². The second kappa shape index (κ2) is 14.6. The number of ether oxygens (including phenoxy) is 4. The molecule has 3 aromatic carbocycles. The second-order valence-electron chi connectivity index (χ2n) is 11.4. The van der Waals surface area contributed by atoms with Gasteiger partial charge in [-0.2, -0.15) is 0 Å². The van der Waals surface area contributed by atoms with E-state index in [0.717, 1.165) is 35.5 Å². The molecule has 222 valence electrons. The maximum atomic E-state index is 15.3. The van der Waals surface area contributed by atoms with Crippen molar-refractivity contribution in [2.24, 2.45) is 5.41 Å². The molecular weight excluding hydrogens is 587 g/mol. The zero-order valence-corrected chi connectivity index (χ0v) is 26.0. The molecule has 1 heterocycles. The Labute approximate surface area is 252 Å². The molecule has 5 nitrogen and oxygen atoms in total. The molecule has 7 heteroatoms. The number of halogens is 2. The highest BCUT2D eigenvalue weighted by molar-refractivity contribution is 9.10. The Balaban J connectivity index is 1.34. The second-order valence-corrected chi connectivity index (χ2v) is 12.3. The van der Waals surface area contributed by atoms with Crippen LogP contribution in [0.4, 0.5) is 4.39 Å². The molecular formula is C34H42BrFO5. The first-order valence-electron chi connectivity index (χ1n) is 14.6. The summed E-state index contributed by atoms with van der Waals surface area (Å²) >= 11 is 3.56.